The Morgan fingerprint density at radius 2 is 1.75 bits per heavy atom. The van der Waals surface area contributed by atoms with Gasteiger partial charge in [0.15, 0.2) is 0 Å². The molecule has 0 saturated carbocycles. The van der Waals surface area contributed by atoms with Crippen LogP contribution in [0.15, 0.2) is 59.2 Å². The van der Waals surface area contributed by atoms with Crippen LogP contribution in [0, 0.1) is 13.8 Å². The summed E-state index contributed by atoms with van der Waals surface area (Å²) < 4.78 is 0. The number of aliphatic imine (C=N–C) groups is 2. The quantitative estimate of drug-likeness (QED) is 0.441. The Labute approximate surface area is 146 Å². The number of benzene rings is 1. The standard InChI is InChI=1S/C21H29N3/c1-9-21(24-18(7)22-8)17(6)23-13-19-11-15(4)20(10-14(2)3)16(5)12-19/h9,11-12,23H,1-2,6,10,13H2,3-5,7-8H3. The van der Waals surface area contributed by atoms with Crippen molar-refractivity contribution >= 4 is 11.5 Å². The van der Waals surface area contributed by atoms with Crippen LogP contribution < -0.4 is 5.32 Å². The smallest absolute Gasteiger partial charge is 0.120 e. The second kappa shape index (κ2) is 9.02. The molecule has 0 aromatic heterocycles. The van der Waals surface area contributed by atoms with Crippen LogP contribution in [0.25, 0.3) is 0 Å². The Morgan fingerprint density at radius 3 is 2.21 bits per heavy atom. The van der Waals surface area contributed by atoms with Crippen molar-refractivity contribution in [2.75, 3.05) is 7.05 Å². The molecule has 3 heteroatoms. The Bertz CT molecular complexity index is 683. The van der Waals surface area contributed by atoms with Gasteiger partial charge in [0.05, 0.1) is 11.4 Å². The van der Waals surface area contributed by atoms with Crippen LogP contribution in [0.2, 0.25) is 0 Å². The van der Waals surface area contributed by atoms with Crippen molar-refractivity contribution < 1.29 is 0 Å². The van der Waals surface area contributed by atoms with Crippen LogP contribution in [0.4, 0.5) is 0 Å². The Hall–Kier alpha value is -2.42. The van der Waals surface area contributed by atoms with Crippen LogP contribution in [0.5, 0.6) is 0 Å². The van der Waals surface area contributed by atoms with Gasteiger partial charge in [0.25, 0.3) is 0 Å². The lowest BCUT2D eigenvalue weighted by atomic mass is 9.94. The number of rotatable bonds is 7. The SMILES string of the molecule is C=CC(=NC(C)=NC)C(=C)NCc1cc(C)c(CC(=C)C)c(C)c1. The minimum absolute atomic E-state index is 0.697. The molecule has 0 aliphatic rings. The van der Waals surface area contributed by atoms with E-state index in [0.717, 1.165) is 12.1 Å². The maximum absolute atomic E-state index is 4.38. The third kappa shape index (κ3) is 5.65. The van der Waals surface area contributed by atoms with E-state index in [-0.39, 0.29) is 0 Å². The van der Waals surface area contributed by atoms with Gasteiger partial charge in [0.1, 0.15) is 5.84 Å². The van der Waals surface area contributed by atoms with E-state index >= 15 is 0 Å². The number of nitrogens with one attached hydrogen (secondary N) is 1. The predicted molar refractivity (Wildman–Crippen MR) is 107 cm³/mol. The summed E-state index contributed by atoms with van der Waals surface area (Å²) in [5.41, 5.74) is 7.83. The highest BCUT2D eigenvalue weighted by molar-refractivity contribution is 6.12. The molecule has 0 saturated heterocycles. The summed E-state index contributed by atoms with van der Waals surface area (Å²) in [7, 11) is 1.72. The van der Waals surface area contributed by atoms with Crippen LogP contribution in [0.1, 0.15) is 36.1 Å². The third-order valence-corrected chi connectivity index (χ3v) is 3.85. The largest absolute Gasteiger partial charge is 0.380 e. The molecular formula is C21H29N3. The zero-order valence-corrected chi connectivity index (χ0v) is 15.7. The molecule has 0 unspecified atom stereocenters. The first-order valence-corrected chi connectivity index (χ1v) is 8.09. The Morgan fingerprint density at radius 1 is 1.17 bits per heavy atom. The summed E-state index contributed by atoms with van der Waals surface area (Å²) in [6.45, 7) is 20.8. The van der Waals surface area contributed by atoms with Gasteiger partial charge in [-0.15, -0.1) is 0 Å². The van der Waals surface area contributed by atoms with Crippen LogP contribution in [-0.2, 0) is 13.0 Å². The number of aryl methyl sites for hydroxylation is 2. The van der Waals surface area contributed by atoms with E-state index in [9.17, 15) is 0 Å². The minimum atomic E-state index is 0.697. The molecule has 24 heavy (non-hydrogen) atoms. The summed E-state index contributed by atoms with van der Waals surface area (Å²) in [6.07, 6.45) is 2.62. The lowest BCUT2D eigenvalue weighted by Gasteiger charge is -2.15. The topological polar surface area (TPSA) is 36.8 Å². The Balaban J connectivity index is 2.88. The van der Waals surface area contributed by atoms with Gasteiger partial charge in [-0.05, 0) is 62.4 Å². The maximum atomic E-state index is 4.38. The van der Waals surface area contributed by atoms with E-state index in [1.165, 1.54) is 27.8 Å². The highest BCUT2D eigenvalue weighted by Crippen LogP contribution is 2.19. The highest BCUT2D eigenvalue weighted by atomic mass is 14.9. The van der Waals surface area contributed by atoms with Crippen molar-refractivity contribution in [1.29, 1.82) is 0 Å². The van der Waals surface area contributed by atoms with Gasteiger partial charge >= 0.3 is 0 Å². The molecule has 0 fully saturated rings. The summed E-state index contributed by atoms with van der Waals surface area (Å²) in [5.74, 6) is 0.698. The van der Waals surface area contributed by atoms with Crippen molar-refractivity contribution in [1.82, 2.24) is 5.32 Å². The molecule has 0 amide bonds. The summed E-state index contributed by atoms with van der Waals surface area (Å²) in [5, 5.41) is 3.33. The average molecular weight is 323 g/mol. The number of hydrogen-bond donors (Lipinski definition) is 1. The zero-order valence-electron chi connectivity index (χ0n) is 15.7. The van der Waals surface area contributed by atoms with E-state index in [1.807, 2.05) is 6.92 Å². The fourth-order valence-electron chi connectivity index (χ4n) is 2.53. The van der Waals surface area contributed by atoms with Gasteiger partial charge in [-0.2, -0.15) is 0 Å². The molecule has 1 aromatic rings. The molecule has 0 heterocycles. The molecule has 0 spiro atoms. The molecule has 1 aromatic carbocycles. The monoisotopic (exact) mass is 323 g/mol. The predicted octanol–water partition coefficient (Wildman–Crippen LogP) is 4.70. The highest BCUT2D eigenvalue weighted by Gasteiger charge is 2.07. The van der Waals surface area contributed by atoms with E-state index in [4.69, 9.17) is 0 Å². The van der Waals surface area contributed by atoms with Gasteiger partial charge in [0, 0.05) is 13.6 Å². The van der Waals surface area contributed by atoms with Crippen molar-refractivity contribution in [2.45, 2.75) is 40.7 Å². The second-order valence-electron chi connectivity index (χ2n) is 6.15. The molecule has 0 aliphatic heterocycles. The molecule has 0 radical (unpaired) electrons. The van der Waals surface area contributed by atoms with Crippen LogP contribution in [-0.4, -0.2) is 18.6 Å². The van der Waals surface area contributed by atoms with E-state index in [2.05, 4.69) is 67.9 Å². The van der Waals surface area contributed by atoms with Gasteiger partial charge in [-0.25, -0.2) is 4.99 Å². The molecule has 0 bridgehead atoms. The van der Waals surface area contributed by atoms with E-state index in [0.29, 0.717) is 18.1 Å². The number of allylic oxidation sites excluding steroid dienone is 2. The van der Waals surface area contributed by atoms with E-state index < -0.39 is 0 Å². The Kier molecular flexibility index (Phi) is 7.37. The van der Waals surface area contributed by atoms with Gasteiger partial charge in [-0.3, -0.25) is 4.99 Å². The second-order valence-corrected chi connectivity index (χ2v) is 6.15. The first kappa shape index (κ1) is 19.6. The van der Waals surface area contributed by atoms with E-state index in [1.54, 1.807) is 13.1 Å². The first-order chi connectivity index (χ1) is 11.3. The van der Waals surface area contributed by atoms with Gasteiger partial charge < -0.3 is 5.32 Å². The fraction of sp³-hybridized carbons (Fsp3) is 0.333. The number of amidine groups is 1. The lowest BCUT2D eigenvalue weighted by Crippen LogP contribution is -2.19. The normalized spacial score (nSPS) is 12.0. The molecule has 0 aliphatic carbocycles. The lowest BCUT2D eigenvalue weighted by molar-refractivity contribution is 0.843. The van der Waals surface area contributed by atoms with Crippen molar-refractivity contribution in [2.24, 2.45) is 9.98 Å². The van der Waals surface area contributed by atoms with Crippen LogP contribution >= 0.6 is 0 Å². The maximum Gasteiger partial charge on any atom is 0.120 e. The molecule has 0 atom stereocenters. The molecule has 3 nitrogen and oxygen atoms in total. The molecular weight excluding hydrogens is 294 g/mol. The first-order valence-electron chi connectivity index (χ1n) is 8.09. The van der Waals surface area contributed by atoms with Crippen molar-refractivity contribution in [3.05, 3.63) is 71.5 Å². The number of nitrogens with zero attached hydrogens (tertiary/aromatic N) is 2. The van der Waals surface area contributed by atoms with Crippen molar-refractivity contribution in [3.63, 3.8) is 0 Å². The zero-order chi connectivity index (χ0) is 18.3. The molecule has 1 rings (SSSR count). The van der Waals surface area contributed by atoms with Crippen LogP contribution in [0.3, 0.4) is 0 Å². The fourth-order valence-corrected chi connectivity index (χ4v) is 2.53. The average Bonchev–Trinajstić information content (AvgIpc) is 2.53. The minimum Gasteiger partial charge on any atom is -0.380 e. The summed E-state index contributed by atoms with van der Waals surface area (Å²) >= 11 is 0. The third-order valence-electron chi connectivity index (χ3n) is 3.85. The molecule has 1 N–H and O–H groups in total. The van der Waals surface area contributed by atoms with Crippen molar-refractivity contribution in [3.8, 4) is 0 Å². The van der Waals surface area contributed by atoms with Gasteiger partial charge in [0.2, 0.25) is 0 Å². The summed E-state index contributed by atoms with van der Waals surface area (Å²) in [4.78, 5) is 8.42. The number of hydrogen-bond acceptors (Lipinski definition) is 2. The summed E-state index contributed by atoms with van der Waals surface area (Å²) in [6, 6.07) is 4.43. The van der Waals surface area contributed by atoms with Gasteiger partial charge in [-0.1, -0.05) is 37.4 Å². The molecule has 128 valence electrons.